The summed E-state index contributed by atoms with van der Waals surface area (Å²) in [4.78, 5) is 6.73. The molecular formula is C15H29N3O2. The van der Waals surface area contributed by atoms with Gasteiger partial charge in [-0.15, -0.1) is 0 Å². The van der Waals surface area contributed by atoms with Gasteiger partial charge in [0.2, 0.25) is 0 Å². The first-order chi connectivity index (χ1) is 9.48. The molecule has 2 saturated heterocycles. The highest BCUT2D eigenvalue weighted by atomic mass is 16.5. The van der Waals surface area contributed by atoms with E-state index in [1.54, 1.807) is 0 Å². The number of rotatable bonds is 2. The molecule has 2 fully saturated rings. The highest BCUT2D eigenvalue weighted by molar-refractivity contribution is 5.78. The summed E-state index contributed by atoms with van der Waals surface area (Å²) in [6.07, 6.45) is 2.59. The van der Waals surface area contributed by atoms with Gasteiger partial charge in [0.05, 0.1) is 19.3 Å². The third-order valence-corrected chi connectivity index (χ3v) is 4.12. The van der Waals surface area contributed by atoms with Crippen molar-refractivity contribution >= 4 is 5.96 Å². The summed E-state index contributed by atoms with van der Waals surface area (Å²) in [5.74, 6) is 1.13. The van der Waals surface area contributed by atoms with Crippen molar-refractivity contribution in [2.45, 2.75) is 39.7 Å². The minimum atomic E-state index is 0.161. The second-order valence-corrected chi connectivity index (χ2v) is 6.86. The van der Waals surface area contributed by atoms with E-state index < -0.39 is 0 Å². The van der Waals surface area contributed by atoms with Crippen molar-refractivity contribution in [1.82, 2.24) is 4.90 Å². The fraction of sp³-hybridized carbons (Fsp3) is 0.933. The lowest BCUT2D eigenvalue weighted by Gasteiger charge is -2.39. The topological polar surface area (TPSA) is 60.1 Å². The van der Waals surface area contributed by atoms with E-state index in [-0.39, 0.29) is 11.5 Å². The molecule has 0 aromatic heterocycles. The molecule has 20 heavy (non-hydrogen) atoms. The largest absolute Gasteiger partial charge is 0.378 e. The Morgan fingerprint density at radius 2 is 1.95 bits per heavy atom. The van der Waals surface area contributed by atoms with Gasteiger partial charge in [0.25, 0.3) is 0 Å². The Morgan fingerprint density at radius 3 is 2.60 bits per heavy atom. The van der Waals surface area contributed by atoms with E-state index in [1.165, 1.54) is 6.42 Å². The molecule has 0 aromatic carbocycles. The van der Waals surface area contributed by atoms with Crippen LogP contribution in [-0.2, 0) is 9.47 Å². The zero-order valence-electron chi connectivity index (χ0n) is 13.1. The van der Waals surface area contributed by atoms with Crippen LogP contribution in [0.4, 0.5) is 0 Å². The number of hydrogen-bond acceptors (Lipinski definition) is 3. The Kier molecular flexibility index (Phi) is 5.27. The van der Waals surface area contributed by atoms with Crippen LogP contribution in [0.2, 0.25) is 0 Å². The average Bonchev–Trinajstić information content (AvgIpc) is 2.45. The molecule has 0 amide bonds. The van der Waals surface area contributed by atoms with Crippen LogP contribution >= 0.6 is 0 Å². The number of aliphatic imine (C=N–C) groups is 1. The van der Waals surface area contributed by atoms with Gasteiger partial charge >= 0.3 is 0 Å². The lowest BCUT2D eigenvalue weighted by molar-refractivity contribution is -0.0824. The fourth-order valence-electron chi connectivity index (χ4n) is 3.09. The normalized spacial score (nSPS) is 29.6. The quantitative estimate of drug-likeness (QED) is 0.616. The van der Waals surface area contributed by atoms with Crippen molar-refractivity contribution in [1.29, 1.82) is 0 Å². The molecule has 0 radical (unpaired) electrons. The Bertz CT molecular complexity index is 333. The van der Waals surface area contributed by atoms with Crippen molar-refractivity contribution in [2.75, 3.05) is 39.5 Å². The average molecular weight is 283 g/mol. The van der Waals surface area contributed by atoms with Crippen molar-refractivity contribution in [3.63, 3.8) is 0 Å². The van der Waals surface area contributed by atoms with Gasteiger partial charge in [0, 0.05) is 32.2 Å². The molecule has 5 heteroatoms. The first-order valence-corrected chi connectivity index (χ1v) is 7.72. The maximum atomic E-state index is 6.10. The third-order valence-electron chi connectivity index (χ3n) is 4.12. The maximum absolute atomic E-state index is 6.10. The summed E-state index contributed by atoms with van der Waals surface area (Å²) in [6.45, 7) is 11.5. The SMILES string of the molecule is CC(C)(C)[C@H]1OCCC[C@H]1CN=C(N)N1CCOCC1. The van der Waals surface area contributed by atoms with Crippen LogP contribution in [0.3, 0.4) is 0 Å². The Labute approximate surface area is 122 Å². The van der Waals surface area contributed by atoms with Crippen LogP contribution in [0, 0.1) is 11.3 Å². The van der Waals surface area contributed by atoms with Crippen molar-refractivity contribution in [3.8, 4) is 0 Å². The van der Waals surface area contributed by atoms with Crippen LogP contribution < -0.4 is 5.73 Å². The summed E-state index contributed by atoms with van der Waals surface area (Å²) in [6, 6.07) is 0. The van der Waals surface area contributed by atoms with E-state index in [2.05, 4.69) is 30.7 Å². The molecule has 0 saturated carbocycles. The van der Waals surface area contributed by atoms with Gasteiger partial charge in [-0.1, -0.05) is 20.8 Å². The molecule has 2 N–H and O–H groups in total. The summed E-state index contributed by atoms with van der Waals surface area (Å²) in [5.41, 5.74) is 6.26. The molecule has 0 bridgehead atoms. The first-order valence-electron chi connectivity index (χ1n) is 7.72. The molecule has 2 atom stereocenters. The monoisotopic (exact) mass is 283 g/mol. The highest BCUT2D eigenvalue weighted by Gasteiger charge is 2.35. The van der Waals surface area contributed by atoms with Gasteiger partial charge < -0.3 is 20.1 Å². The van der Waals surface area contributed by atoms with E-state index in [9.17, 15) is 0 Å². The van der Waals surface area contributed by atoms with E-state index in [4.69, 9.17) is 15.2 Å². The number of nitrogens with zero attached hydrogens (tertiary/aromatic N) is 2. The molecule has 2 aliphatic heterocycles. The molecular weight excluding hydrogens is 254 g/mol. The minimum Gasteiger partial charge on any atom is -0.378 e. The molecule has 0 aliphatic carbocycles. The number of ether oxygens (including phenoxy) is 2. The van der Waals surface area contributed by atoms with Crippen molar-refractivity contribution < 1.29 is 9.47 Å². The van der Waals surface area contributed by atoms with E-state index in [1.807, 2.05) is 0 Å². The molecule has 0 aromatic rings. The van der Waals surface area contributed by atoms with Crippen LogP contribution in [0.1, 0.15) is 33.6 Å². The first kappa shape index (κ1) is 15.6. The lowest BCUT2D eigenvalue weighted by Crippen LogP contribution is -2.46. The number of morpholine rings is 1. The van der Waals surface area contributed by atoms with E-state index >= 15 is 0 Å². The van der Waals surface area contributed by atoms with Gasteiger partial charge in [0.15, 0.2) is 5.96 Å². The van der Waals surface area contributed by atoms with Gasteiger partial charge in [0.1, 0.15) is 0 Å². The number of guanidine groups is 1. The third kappa shape index (κ3) is 4.09. The summed E-state index contributed by atoms with van der Waals surface area (Å²) >= 11 is 0. The summed E-state index contributed by atoms with van der Waals surface area (Å²) < 4.78 is 11.3. The lowest BCUT2D eigenvalue weighted by atomic mass is 9.78. The number of nitrogens with two attached hydrogens (primary N) is 1. The van der Waals surface area contributed by atoms with E-state index in [0.717, 1.165) is 45.9 Å². The van der Waals surface area contributed by atoms with Crippen molar-refractivity contribution in [2.24, 2.45) is 22.1 Å². The summed E-state index contributed by atoms with van der Waals surface area (Å²) in [5, 5.41) is 0. The van der Waals surface area contributed by atoms with E-state index in [0.29, 0.717) is 11.9 Å². The molecule has 0 unspecified atom stereocenters. The zero-order valence-corrected chi connectivity index (χ0v) is 13.1. The highest BCUT2D eigenvalue weighted by Crippen LogP contribution is 2.34. The van der Waals surface area contributed by atoms with Crippen LogP contribution in [0.25, 0.3) is 0 Å². The van der Waals surface area contributed by atoms with Crippen molar-refractivity contribution in [3.05, 3.63) is 0 Å². The molecule has 0 spiro atoms. The molecule has 2 heterocycles. The van der Waals surface area contributed by atoms with Gasteiger partial charge in [-0.2, -0.15) is 0 Å². The predicted molar refractivity (Wildman–Crippen MR) is 80.8 cm³/mol. The zero-order chi connectivity index (χ0) is 14.6. The second kappa shape index (κ2) is 6.76. The van der Waals surface area contributed by atoms with Crippen LogP contribution in [-0.4, -0.2) is 56.4 Å². The standard InChI is InChI=1S/C15H29N3O2/c1-15(2,3)13-12(5-4-8-20-13)11-17-14(16)18-6-9-19-10-7-18/h12-13H,4-11H2,1-3H3,(H2,16,17)/t12-,13-/m0/s1. The predicted octanol–water partition coefficient (Wildman–Crippen LogP) is 1.47. The fourth-order valence-corrected chi connectivity index (χ4v) is 3.09. The molecule has 2 aliphatic rings. The molecule has 2 rings (SSSR count). The van der Waals surface area contributed by atoms with Crippen LogP contribution in [0.15, 0.2) is 4.99 Å². The van der Waals surface area contributed by atoms with Gasteiger partial charge in [-0.25, -0.2) is 0 Å². The smallest absolute Gasteiger partial charge is 0.191 e. The maximum Gasteiger partial charge on any atom is 0.191 e. The minimum absolute atomic E-state index is 0.161. The molecule has 5 nitrogen and oxygen atoms in total. The summed E-state index contributed by atoms with van der Waals surface area (Å²) in [7, 11) is 0. The Morgan fingerprint density at radius 1 is 1.25 bits per heavy atom. The molecule has 116 valence electrons. The van der Waals surface area contributed by atoms with Gasteiger partial charge in [-0.05, 0) is 18.3 Å². The second-order valence-electron chi connectivity index (χ2n) is 6.86. The van der Waals surface area contributed by atoms with Crippen LogP contribution in [0.5, 0.6) is 0 Å². The number of hydrogen-bond donors (Lipinski definition) is 1. The van der Waals surface area contributed by atoms with Gasteiger partial charge in [-0.3, -0.25) is 4.99 Å². The Hall–Kier alpha value is -0.810. The Balaban J connectivity index is 1.93.